The molecule has 104 valence electrons. The van der Waals surface area contributed by atoms with Gasteiger partial charge in [0.05, 0.1) is 0 Å². The zero-order valence-electron chi connectivity index (χ0n) is 11.2. The molecule has 0 saturated carbocycles. The zero-order chi connectivity index (χ0) is 13.8. The zero-order valence-corrected chi connectivity index (χ0v) is 11.2. The predicted molar refractivity (Wildman–Crippen MR) is 72.3 cm³/mol. The summed E-state index contributed by atoms with van der Waals surface area (Å²) >= 11 is 0. The quantitative estimate of drug-likeness (QED) is 0.838. The minimum absolute atomic E-state index is 0.283. The number of carbonyl (C=O) groups is 1. The van der Waals surface area contributed by atoms with E-state index in [4.69, 9.17) is 5.73 Å². The Kier molecular flexibility index (Phi) is 4.50. The molecule has 0 aromatic heterocycles. The van der Waals surface area contributed by atoms with Gasteiger partial charge in [-0.25, -0.2) is 4.39 Å². The van der Waals surface area contributed by atoms with E-state index in [1.807, 2.05) is 0 Å². The second-order valence-corrected chi connectivity index (χ2v) is 4.88. The van der Waals surface area contributed by atoms with Gasteiger partial charge in [-0.2, -0.15) is 0 Å². The highest BCUT2D eigenvalue weighted by Gasteiger charge is 2.22. The van der Waals surface area contributed by atoms with Gasteiger partial charge in [-0.3, -0.25) is 9.69 Å². The lowest BCUT2D eigenvalue weighted by atomic mass is 10.1. The van der Waals surface area contributed by atoms with Gasteiger partial charge in [-0.05, 0) is 37.7 Å². The summed E-state index contributed by atoms with van der Waals surface area (Å²) in [6.45, 7) is 5.37. The summed E-state index contributed by atoms with van der Waals surface area (Å²) in [5, 5.41) is 3.31. The molecule has 0 radical (unpaired) electrons. The molecule has 2 rings (SSSR count). The van der Waals surface area contributed by atoms with Crippen LogP contribution < -0.4 is 11.1 Å². The van der Waals surface area contributed by atoms with E-state index in [0.29, 0.717) is 23.7 Å². The SMILES string of the molecule is CCN(Cc1cc(C(N)=O)ccc1F)C1CCNC1. The lowest BCUT2D eigenvalue weighted by molar-refractivity contribution is 0.1000. The second-order valence-electron chi connectivity index (χ2n) is 4.88. The first-order valence-corrected chi connectivity index (χ1v) is 6.64. The molecule has 1 amide bonds. The van der Waals surface area contributed by atoms with Crippen molar-refractivity contribution in [1.29, 1.82) is 0 Å². The van der Waals surface area contributed by atoms with Gasteiger partial charge in [-0.15, -0.1) is 0 Å². The van der Waals surface area contributed by atoms with Crippen molar-refractivity contribution < 1.29 is 9.18 Å². The summed E-state index contributed by atoms with van der Waals surface area (Å²) < 4.78 is 13.8. The van der Waals surface area contributed by atoms with E-state index in [2.05, 4.69) is 17.1 Å². The molecule has 1 fully saturated rings. The smallest absolute Gasteiger partial charge is 0.248 e. The van der Waals surface area contributed by atoms with Crippen molar-refractivity contribution in [3.8, 4) is 0 Å². The number of primary amides is 1. The van der Waals surface area contributed by atoms with Crippen LogP contribution in [0.25, 0.3) is 0 Å². The monoisotopic (exact) mass is 265 g/mol. The van der Waals surface area contributed by atoms with Gasteiger partial charge in [0.1, 0.15) is 5.82 Å². The van der Waals surface area contributed by atoms with Gasteiger partial charge in [0, 0.05) is 30.3 Å². The Balaban J connectivity index is 2.15. The first kappa shape index (κ1) is 14.0. The molecule has 5 heteroatoms. The van der Waals surface area contributed by atoms with Crippen molar-refractivity contribution in [1.82, 2.24) is 10.2 Å². The molecule has 1 unspecified atom stereocenters. The summed E-state index contributed by atoms with van der Waals surface area (Å²) in [7, 11) is 0. The lowest BCUT2D eigenvalue weighted by Crippen LogP contribution is -2.36. The van der Waals surface area contributed by atoms with Crippen molar-refractivity contribution >= 4 is 5.91 Å². The molecule has 1 aromatic carbocycles. The largest absolute Gasteiger partial charge is 0.366 e. The molecule has 1 heterocycles. The third-order valence-electron chi connectivity index (χ3n) is 3.66. The minimum atomic E-state index is -0.521. The third-order valence-corrected chi connectivity index (χ3v) is 3.66. The van der Waals surface area contributed by atoms with Crippen LogP contribution in [-0.4, -0.2) is 36.5 Å². The Bertz CT molecular complexity index is 458. The number of hydrogen-bond donors (Lipinski definition) is 2. The molecule has 1 atom stereocenters. The average Bonchev–Trinajstić information content (AvgIpc) is 2.91. The topological polar surface area (TPSA) is 58.4 Å². The van der Waals surface area contributed by atoms with E-state index in [-0.39, 0.29) is 5.82 Å². The van der Waals surface area contributed by atoms with Crippen molar-refractivity contribution in [2.45, 2.75) is 25.9 Å². The number of nitrogens with zero attached hydrogens (tertiary/aromatic N) is 1. The fraction of sp³-hybridized carbons (Fsp3) is 0.500. The van der Waals surface area contributed by atoms with Crippen molar-refractivity contribution in [3.63, 3.8) is 0 Å². The van der Waals surface area contributed by atoms with Crippen LogP contribution >= 0.6 is 0 Å². The molecule has 1 saturated heterocycles. The van der Waals surface area contributed by atoms with Crippen LogP contribution in [-0.2, 0) is 6.54 Å². The third kappa shape index (κ3) is 3.30. The van der Waals surface area contributed by atoms with Gasteiger partial charge in [0.2, 0.25) is 5.91 Å². The fourth-order valence-electron chi connectivity index (χ4n) is 2.52. The van der Waals surface area contributed by atoms with Gasteiger partial charge < -0.3 is 11.1 Å². The number of benzene rings is 1. The summed E-state index contributed by atoms with van der Waals surface area (Å²) in [6.07, 6.45) is 1.07. The van der Waals surface area contributed by atoms with Crippen LogP contribution in [0.3, 0.4) is 0 Å². The van der Waals surface area contributed by atoms with Gasteiger partial charge >= 0.3 is 0 Å². The summed E-state index contributed by atoms with van der Waals surface area (Å²) in [5.41, 5.74) is 6.12. The van der Waals surface area contributed by atoms with Crippen molar-refractivity contribution in [2.24, 2.45) is 5.73 Å². The molecule has 0 bridgehead atoms. The predicted octanol–water partition coefficient (Wildman–Crippen LogP) is 1.11. The molecule has 1 aliphatic rings. The Morgan fingerprint density at radius 1 is 1.58 bits per heavy atom. The number of nitrogens with one attached hydrogen (secondary N) is 1. The molecular weight excluding hydrogens is 245 g/mol. The van der Waals surface area contributed by atoms with Crippen LogP contribution in [0.5, 0.6) is 0 Å². The first-order chi connectivity index (χ1) is 9.11. The fourth-order valence-corrected chi connectivity index (χ4v) is 2.52. The first-order valence-electron chi connectivity index (χ1n) is 6.64. The van der Waals surface area contributed by atoms with Crippen molar-refractivity contribution in [2.75, 3.05) is 19.6 Å². The lowest BCUT2D eigenvalue weighted by Gasteiger charge is -2.27. The maximum atomic E-state index is 13.8. The molecule has 1 aliphatic heterocycles. The van der Waals surface area contributed by atoms with Crippen LogP contribution in [0, 0.1) is 5.82 Å². The molecule has 1 aromatic rings. The highest BCUT2D eigenvalue weighted by atomic mass is 19.1. The van der Waals surface area contributed by atoms with Gasteiger partial charge in [0.15, 0.2) is 0 Å². The van der Waals surface area contributed by atoms with Gasteiger partial charge in [0.25, 0.3) is 0 Å². The maximum Gasteiger partial charge on any atom is 0.248 e. The van der Waals surface area contributed by atoms with E-state index < -0.39 is 5.91 Å². The molecular formula is C14H20FN3O. The van der Waals surface area contributed by atoms with E-state index in [9.17, 15) is 9.18 Å². The Hall–Kier alpha value is -1.46. The van der Waals surface area contributed by atoms with Crippen LogP contribution in [0.4, 0.5) is 4.39 Å². The normalized spacial score (nSPS) is 19.0. The highest BCUT2D eigenvalue weighted by molar-refractivity contribution is 5.92. The maximum absolute atomic E-state index is 13.8. The summed E-state index contributed by atoms with van der Waals surface area (Å²) in [5.74, 6) is -0.804. The Morgan fingerprint density at radius 3 is 2.95 bits per heavy atom. The molecule has 0 aliphatic carbocycles. The Labute approximate surface area is 112 Å². The molecule has 19 heavy (non-hydrogen) atoms. The molecule has 3 N–H and O–H groups in total. The van der Waals surface area contributed by atoms with Gasteiger partial charge in [-0.1, -0.05) is 6.92 Å². The molecule has 0 spiro atoms. The Morgan fingerprint density at radius 2 is 2.37 bits per heavy atom. The van der Waals surface area contributed by atoms with E-state index >= 15 is 0 Å². The summed E-state index contributed by atoms with van der Waals surface area (Å²) in [4.78, 5) is 13.4. The summed E-state index contributed by atoms with van der Waals surface area (Å²) in [6, 6.07) is 4.73. The second kappa shape index (κ2) is 6.12. The number of halogens is 1. The minimum Gasteiger partial charge on any atom is -0.366 e. The van der Waals surface area contributed by atoms with Crippen molar-refractivity contribution in [3.05, 3.63) is 35.1 Å². The van der Waals surface area contributed by atoms with Crippen LogP contribution in [0.15, 0.2) is 18.2 Å². The van der Waals surface area contributed by atoms with Crippen LogP contribution in [0.1, 0.15) is 29.3 Å². The highest BCUT2D eigenvalue weighted by Crippen LogP contribution is 2.17. The number of nitrogens with two attached hydrogens (primary N) is 1. The van der Waals surface area contributed by atoms with E-state index in [1.54, 1.807) is 6.07 Å². The average molecular weight is 265 g/mol. The number of carbonyl (C=O) groups excluding carboxylic acids is 1. The van der Waals surface area contributed by atoms with Crippen LogP contribution in [0.2, 0.25) is 0 Å². The number of likely N-dealkylation sites (N-methyl/N-ethyl adjacent to an activating group) is 1. The standard InChI is InChI=1S/C14H20FN3O/c1-2-18(12-5-6-17-8-12)9-11-7-10(14(16)19)3-4-13(11)15/h3-4,7,12,17H,2,5-6,8-9H2,1H3,(H2,16,19). The molecule has 4 nitrogen and oxygen atoms in total. The van der Waals surface area contributed by atoms with E-state index in [0.717, 1.165) is 26.1 Å². The number of amides is 1. The number of rotatable bonds is 5. The van der Waals surface area contributed by atoms with E-state index in [1.165, 1.54) is 12.1 Å². The number of hydrogen-bond acceptors (Lipinski definition) is 3.